The van der Waals surface area contributed by atoms with Crippen LogP contribution in [-0.2, 0) is 16.4 Å². The summed E-state index contributed by atoms with van der Waals surface area (Å²) in [4.78, 5) is 14.7. The molecule has 114 valence electrons. The van der Waals surface area contributed by atoms with Gasteiger partial charge in [0.1, 0.15) is 21.9 Å². The summed E-state index contributed by atoms with van der Waals surface area (Å²) in [6, 6.07) is 0. The van der Waals surface area contributed by atoms with Crippen molar-refractivity contribution in [1.82, 2.24) is 19.9 Å². The first-order valence-corrected chi connectivity index (χ1v) is 8.43. The van der Waals surface area contributed by atoms with Crippen LogP contribution in [0.2, 0.25) is 0 Å². The van der Waals surface area contributed by atoms with Crippen molar-refractivity contribution in [3.63, 3.8) is 0 Å². The van der Waals surface area contributed by atoms with Crippen molar-refractivity contribution < 1.29 is 18.3 Å². The summed E-state index contributed by atoms with van der Waals surface area (Å²) in [5.74, 6) is -0.567. The largest absolute Gasteiger partial charge is 0.477 e. The fourth-order valence-corrected chi connectivity index (χ4v) is 4.50. The maximum atomic E-state index is 12.2. The molecule has 21 heavy (non-hydrogen) atoms. The van der Waals surface area contributed by atoms with Gasteiger partial charge in [0.2, 0.25) is 10.0 Å². The van der Waals surface area contributed by atoms with Crippen LogP contribution in [0.25, 0.3) is 0 Å². The molecule has 8 nitrogen and oxygen atoms in total. The number of carboxylic acid groups (broad SMARTS) is 1. The van der Waals surface area contributed by atoms with Crippen LogP contribution in [-0.4, -0.2) is 41.2 Å². The lowest BCUT2D eigenvalue weighted by Gasteiger charge is -2.07. The Morgan fingerprint density at radius 3 is 2.90 bits per heavy atom. The monoisotopic (exact) mass is 330 g/mol. The molecule has 0 unspecified atom stereocenters. The zero-order chi connectivity index (χ0) is 15.5. The summed E-state index contributed by atoms with van der Waals surface area (Å²) in [7, 11) is -3.83. The molecule has 0 spiro atoms. The Hall–Kier alpha value is -1.78. The maximum absolute atomic E-state index is 12.2. The van der Waals surface area contributed by atoms with Gasteiger partial charge in [0.05, 0.1) is 0 Å². The quantitative estimate of drug-likeness (QED) is 0.644. The number of rotatable bonds is 7. The van der Waals surface area contributed by atoms with E-state index in [-0.39, 0.29) is 16.3 Å². The topological polar surface area (TPSA) is 125 Å². The average Bonchev–Trinajstić information content (AvgIpc) is 3.03. The van der Waals surface area contributed by atoms with Gasteiger partial charge in [0.25, 0.3) is 0 Å². The number of nitrogens with one attached hydrogen (secondary N) is 2. The summed E-state index contributed by atoms with van der Waals surface area (Å²) >= 11 is 0.906. The molecule has 0 fully saturated rings. The smallest absolute Gasteiger partial charge is 0.347 e. The molecule has 0 aliphatic carbocycles. The zero-order valence-electron chi connectivity index (χ0n) is 11.2. The number of nitrogens with zero attached hydrogens (tertiary/aromatic N) is 2. The maximum Gasteiger partial charge on any atom is 0.347 e. The number of hydrogen-bond acceptors (Lipinski definition) is 6. The third-order valence-electron chi connectivity index (χ3n) is 2.73. The van der Waals surface area contributed by atoms with E-state index in [1.54, 1.807) is 6.92 Å². The Balaban J connectivity index is 2.02. The molecule has 0 radical (unpaired) electrons. The fraction of sp³-hybridized carbons (Fsp3) is 0.364. The van der Waals surface area contributed by atoms with Crippen LogP contribution < -0.4 is 4.72 Å². The van der Waals surface area contributed by atoms with Gasteiger partial charge >= 0.3 is 5.97 Å². The highest BCUT2D eigenvalue weighted by atomic mass is 32.2. The molecule has 0 aliphatic heterocycles. The van der Waals surface area contributed by atoms with Crippen LogP contribution in [0.3, 0.4) is 0 Å². The third kappa shape index (κ3) is 3.65. The summed E-state index contributed by atoms with van der Waals surface area (Å²) < 4.78 is 26.8. The van der Waals surface area contributed by atoms with Crippen LogP contribution in [0.4, 0.5) is 0 Å². The molecule has 0 aromatic carbocycles. The summed E-state index contributed by atoms with van der Waals surface area (Å²) in [5, 5.41) is 16.9. The van der Waals surface area contributed by atoms with E-state index in [4.69, 9.17) is 5.11 Å². The van der Waals surface area contributed by atoms with Gasteiger partial charge in [-0.1, -0.05) is 0 Å². The number of carbonyl (C=O) groups is 1. The molecule has 0 aliphatic rings. The van der Waals surface area contributed by atoms with E-state index in [1.807, 2.05) is 0 Å². The second kappa shape index (κ2) is 6.33. The summed E-state index contributed by atoms with van der Waals surface area (Å²) in [6.45, 7) is 1.77. The summed E-state index contributed by atoms with van der Waals surface area (Å²) in [6.07, 6.45) is 2.46. The molecule has 0 atom stereocenters. The van der Waals surface area contributed by atoms with Crippen molar-refractivity contribution in [2.45, 2.75) is 24.7 Å². The predicted octanol–water partition coefficient (Wildman–Crippen LogP) is 0.784. The first kappa shape index (κ1) is 15.6. The number of H-pyrrole nitrogens is 1. The van der Waals surface area contributed by atoms with Crippen LogP contribution in [0.5, 0.6) is 0 Å². The van der Waals surface area contributed by atoms with Crippen molar-refractivity contribution in [2.75, 3.05) is 6.54 Å². The Bertz CT molecular complexity index is 721. The van der Waals surface area contributed by atoms with Crippen molar-refractivity contribution in [3.8, 4) is 0 Å². The van der Waals surface area contributed by atoms with Gasteiger partial charge in [0.15, 0.2) is 0 Å². The van der Waals surface area contributed by atoms with E-state index in [1.165, 1.54) is 11.7 Å². The minimum atomic E-state index is -3.83. The van der Waals surface area contributed by atoms with Crippen LogP contribution in [0, 0.1) is 6.92 Å². The van der Waals surface area contributed by atoms with E-state index >= 15 is 0 Å². The Kier molecular flexibility index (Phi) is 4.70. The van der Waals surface area contributed by atoms with Gasteiger partial charge in [0, 0.05) is 13.0 Å². The molecule has 2 heterocycles. The third-order valence-corrected chi connectivity index (χ3v) is 5.59. The van der Waals surface area contributed by atoms with Gasteiger partial charge < -0.3 is 5.11 Å². The zero-order valence-corrected chi connectivity index (χ0v) is 12.8. The Morgan fingerprint density at radius 1 is 1.52 bits per heavy atom. The Labute approximate surface area is 125 Å². The number of aromatic nitrogens is 3. The van der Waals surface area contributed by atoms with E-state index in [9.17, 15) is 13.2 Å². The lowest BCUT2D eigenvalue weighted by Crippen LogP contribution is -2.26. The van der Waals surface area contributed by atoms with E-state index in [0.717, 1.165) is 11.3 Å². The second-order valence-electron chi connectivity index (χ2n) is 4.32. The lowest BCUT2D eigenvalue weighted by molar-refractivity contribution is 0.0698. The molecular formula is C11H14N4O4S2. The van der Waals surface area contributed by atoms with E-state index in [0.29, 0.717) is 24.2 Å². The number of carboxylic acids is 1. The lowest BCUT2D eigenvalue weighted by atomic mass is 10.3. The molecule has 2 aromatic heterocycles. The molecule has 0 amide bonds. The number of sulfonamides is 1. The highest BCUT2D eigenvalue weighted by molar-refractivity contribution is 7.89. The molecule has 2 rings (SSSR count). The minimum absolute atomic E-state index is 0.153. The molecule has 0 bridgehead atoms. The van der Waals surface area contributed by atoms with Gasteiger partial charge in [-0.25, -0.2) is 22.9 Å². The van der Waals surface area contributed by atoms with E-state index in [2.05, 4.69) is 19.9 Å². The van der Waals surface area contributed by atoms with Crippen molar-refractivity contribution >= 4 is 27.3 Å². The molecule has 3 N–H and O–H groups in total. The summed E-state index contributed by atoms with van der Waals surface area (Å²) in [5.41, 5.74) is 0.431. The highest BCUT2D eigenvalue weighted by Crippen LogP contribution is 2.26. The van der Waals surface area contributed by atoms with E-state index < -0.39 is 16.0 Å². The fourth-order valence-electron chi connectivity index (χ4n) is 1.80. The molecule has 0 saturated heterocycles. The molecule has 0 saturated carbocycles. The van der Waals surface area contributed by atoms with Crippen molar-refractivity contribution in [1.29, 1.82) is 0 Å². The highest BCUT2D eigenvalue weighted by Gasteiger charge is 2.26. The Morgan fingerprint density at radius 2 is 2.29 bits per heavy atom. The molecular weight excluding hydrogens is 316 g/mol. The number of aromatic carboxylic acids is 1. The van der Waals surface area contributed by atoms with Gasteiger partial charge in [-0.2, -0.15) is 5.10 Å². The van der Waals surface area contributed by atoms with Gasteiger partial charge in [-0.3, -0.25) is 5.10 Å². The number of aryl methyl sites for hydroxylation is 2. The number of aromatic amines is 1. The van der Waals surface area contributed by atoms with Crippen LogP contribution in [0.1, 0.15) is 27.5 Å². The number of thiophene rings is 1. The molecule has 10 heteroatoms. The minimum Gasteiger partial charge on any atom is -0.477 e. The van der Waals surface area contributed by atoms with Gasteiger partial charge in [-0.05, 0) is 24.3 Å². The second-order valence-corrected chi connectivity index (χ2v) is 6.90. The first-order valence-electron chi connectivity index (χ1n) is 6.07. The van der Waals surface area contributed by atoms with Gasteiger partial charge in [-0.15, -0.1) is 11.3 Å². The molecule has 2 aromatic rings. The SMILES string of the molecule is Cc1csc(C(=O)O)c1S(=O)(=O)NCCCc1ncn[nH]1. The normalized spacial score (nSPS) is 11.7. The van der Waals surface area contributed by atoms with Crippen LogP contribution in [0.15, 0.2) is 16.6 Å². The average molecular weight is 330 g/mol. The standard InChI is InChI=1S/C11H14N4O4S2/c1-7-5-20-9(11(16)17)10(7)21(18,19)14-4-2-3-8-12-6-13-15-8/h5-6,14H,2-4H2,1H3,(H,16,17)(H,12,13,15). The van der Waals surface area contributed by atoms with Crippen molar-refractivity contribution in [2.24, 2.45) is 0 Å². The first-order chi connectivity index (χ1) is 9.92. The number of hydrogen-bond donors (Lipinski definition) is 3. The van der Waals surface area contributed by atoms with Crippen LogP contribution >= 0.6 is 11.3 Å². The van der Waals surface area contributed by atoms with Crippen molar-refractivity contribution in [3.05, 3.63) is 28.0 Å². The predicted molar refractivity (Wildman–Crippen MR) is 75.9 cm³/mol.